The first-order valence-electron chi connectivity index (χ1n) is 10.3. The van der Waals surface area contributed by atoms with Gasteiger partial charge >= 0.3 is 0 Å². The predicted molar refractivity (Wildman–Crippen MR) is 115 cm³/mol. The zero-order valence-corrected chi connectivity index (χ0v) is 16.6. The third kappa shape index (κ3) is 3.70. The summed E-state index contributed by atoms with van der Waals surface area (Å²) < 4.78 is 2.01. The van der Waals surface area contributed by atoms with Crippen LogP contribution in [0, 0.1) is 0 Å². The highest BCUT2D eigenvalue weighted by Crippen LogP contribution is 2.54. The summed E-state index contributed by atoms with van der Waals surface area (Å²) in [6.45, 7) is 2.21. The minimum atomic E-state index is 0.541. The van der Waals surface area contributed by atoms with Crippen LogP contribution in [0.25, 0.3) is 16.9 Å². The molecule has 2 aromatic heterocycles. The van der Waals surface area contributed by atoms with Gasteiger partial charge in [-0.25, -0.2) is 4.68 Å². The minimum Gasteiger partial charge on any atom is -0.241 e. The molecule has 0 bridgehead atoms. The molecule has 0 N–H and O–H groups in total. The van der Waals surface area contributed by atoms with Crippen LogP contribution in [-0.4, -0.2) is 20.0 Å². The van der Waals surface area contributed by atoms with E-state index in [0.29, 0.717) is 11.8 Å². The first-order chi connectivity index (χ1) is 14.3. The molecule has 0 amide bonds. The third-order valence-electron chi connectivity index (χ3n) is 5.72. The van der Waals surface area contributed by atoms with Crippen molar-refractivity contribution in [3.05, 3.63) is 95.9 Å². The Hall–Kier alpha value is -3.27. The van der Waals surface area contributed by atoms with Gasteiger partial charge in [0.15, 0.2) is 0 Å². The molecule has 1 saturated carbocycles. The van der Waals surface area contributed by atoms with E-state index >= 15 is 0 Å². The first kappa shape index (κ1) is 17.8. The average molecular weight is 380 g/mol. The minimum absolute atomic E-state index is 0.541. The van der Waals surface area contributed by atoms with Gasteiger partial charge in [-0.1, -0.05) is 43.7 Å². The summed E-state index contributed by atoms with van der Waals surface area (Å²) in [5, 5.41) is 12.9. The van der Waals surface area contributed by atoms with Crippen molar-refractivity contribution >= 4 is 0 Å². The summed E-state index contributed by atoms with van der Waals surface area (Å²) in [7, 11) is 0. The van der Waals surface area contributed by atoms with Crippen LogP contribution in [0.4, 0.5) is 0 Å². The number of aryl methyl sites for hydroxylation is 1. The van der Waals surface area contributed by atoms with Gasteiger partial charge < -0.3 is 0 Å². The van der Waals surface area contributed by atoms with E-state index in [2.05, 4.69) is 76.9 Å². The summed E-state index contributed by atoms with van der Waals surface area (Å²) in [5.41, 5.74) is 7.25. The monoisotopic (exact) mass is 380 g/mol. The summed E-state index contributed by atoms with van der Waals surface area (Å²) in [6.07, 6.45) is 9.37. The lowest BCUT2D eigenvalue weighted by atomic mass is 10.0. The quantitative estimate of drug-likeness (QED) is 0.440. The lowest BCUT2D eigenvalue weighted by molar-refractivity contribution is 0.867. The molecular formula is C25H24N4. The number of nitrogens with zero attached hydrogens (tertiary/aromatic N) is 4. The van der Waals surface area contributed by atoms with Gasteiger partial charge in [-0.15, -0.1) is 0 Å². The number of benzene rings is 2. The number of hydrogen-bond donors (Lipinski definition) is 0. The first-order valence-corrected chi connectivity index (χ1v) is 10.3. The van der Waals surface area contributed by atoms with E-state index in [0.717, 1.165) is 29.8 Å². The van der Waals surface area contributed by atoms with Gasteiger partial charge in [-0.05, 0) is 71.7 Å². The molecule has 2 aromatic carbocycles. The van der Waals surface area contributed by atoms with Crippen molar-refractivity contribution in [2.45, 2.75) is 38.0 Å². The van der Waals surface area contributed by atoms with E-state index in [1.54, 1.807) is 6.20 Å². The van der Waals surface area contributed by atoms with E-state index in [9.17, 15) is 0 Å². The maximum absolute atomic E-state index is 4.64. The normalized spacial score (nSPS) is 18.0. The standard InChI is InChI=1S/C25H24N4/c1-2-6-18-7-3-10-22(13-18)29-17-21(16-27-29)24-15-23(24)19-8-4-9-20(14-19)25-11-5-12-26-28-25/h3-5,7-14,16-17,23-24H,2,6,15H2,1H3. The van der Waals surface area contributed by atoms with E-state index in [-0.39, 0.29) is 0 Å². The molecule has 1 fully saturated rings. The number of rotatable bonds is 6. The molecule has 4 nitrogen and oxygen atoms in total. The number of aromatic nitrogens is 4. The van der Waals surface area contributed by atoms with Gasteiger partial charge in [0, 0.05) is 18.0 Å². The second-order valence-electron chi connectivity index (χ2n) is 7.82. The Balaban J connectivity index is 1.34. The average Bonchev–Trinajstić information content (AvgIpc) is 3.43. The molecule has 5 rings (SSSR count). The summed E-state index contributed by atoms with van der Waals surface area (Å²) in [6, 6.07) is 21.3. The largest absolute Gasteiger partial charge is 0.241 e. The van der Waals surface area contributed by atoms with Crippen LogP contribution in [0.3, 0.4) is 0 Å². The molecule has 2 unspecified atom stereocenters. The Morgan fingerprint density at radius 3 is 2.72 bits per heavy atom. The van der Waals surface area contributed by atoms with Crippen molar-refractivity contribution in [1.82, 2.24) is 20.0 Å². The van der Waals surface area contributed by atoms with Gasteiger partial charge in [0.25, 0.3) is 0 Å². The van der Waals surface area contributed by atoms with Crippen LogP contribution < -0.4 is 0 Å². The van der Waals surface area contributed by atoms with Crippen LogP contribution >= 0.6 is 0 Å². The van der Waals surface area contributed by atoms with Gasteiger partial charge in [-0.2, -0.15) is 15.3 Å². The molecule has 4 aromatic rings. The zero-order valence-electron chi connectivity index (χ0n) is 16.6. The van der Waals surface area contributed by atoms with E-state index < -0.39 is 0 Å². The highest BCUT2D eigenvalue weighted by molar-refractivity contribution is 5.60. The summed E-state index contributed by atoms with van der Waals surface area (Å²) in [5.74, 6) is 1.09. The lowest BCUT2D eigenvalue weighted by Gasteiger charge is -2.05. The fraction of sp³-hybridized carbons (Fsp3) is 0.240. The fourth-order valence-corrected chi connectivity index (χ4v) is 4.13. The highest BCUT2D eigenvalue weighted by atomic mass is 15.3. The molecule has 4 heteroatoms. The Labute approximate surface area is 171 Å². The second-order valence-corrected chi connectivity index (χ2v) is 7.82. The smallest absolute Gasteiger partial charge is 0.0929 e. The molecule has 29 heavy (non-hydrogen) atoms. The third-order valence-corrected chi connectivity index (χ3v) is 5.72. The Morgan fingerprint density at radius 2 is 1.86 bits per heavy atom. The topological polar surface area (TPSA) is 43.6 Å². The van der Waals surface area contributed by atoms with Crippen molar-refractivity contribution in [3.8, 4) is 16.9 Å². The molecule has 0 aliphatic heterocycles. The maximum Gasteiger partial charge on any atom is 0.0929 e. The predicted octanol–water partition coefficient (Wildman–Crippen LogP) is 5.55. The summed E-state index contributed by atoms with van der Waals surface area (Å²) >= 11 is 0. The summed E-state index contributed by atoms with van der Waals surface area (Å²) in [4.78, 5) is 0. The number of hydrogen-bond acceptors (Lipinski definition) is 3. The Bertz CT molecular complexity index is 1120. The van der Waals surface area contributed by atoms with Crippen LogP contribution in [0.15, 0.2) is 79.3 Å². The molecule has 2 atom stereocenters. The van der Waals surface area contributed by atoms with Crippen molar-refractivity contribution in [1.29, 1.82) is 0 Å². The lowest BCUT2D eigenvalue weighted by Crippen LogP contribution is -1.95. The molecule has 2 heterocycles. The highest BCUT2D eigenvalue weighted by Gasteiger charge is 2.40. The van der Waals surface area contributed by atoms with E-state index in [1.165, 1.54) is 23.1 Å². The van der Waals surface area contributed by atoms with Crippen molar-refractivity contribution in [2.75, 3.05) is 0 Å². The molecule has 1 aliphatic carbocycles. The van der Waals surface area contributed by atoms with Gasteiger partial charge in [-0.3, -0.25) is 0 Å². The van der Waals surface area contributed by atoms with Gasteiger partial charge in [0.1, 0.15) is 0 Å². The SMILES string of the molecule is CCCc1cccc(-n2cc(C3CC3c3cccc(-c4cccnn4)c3)cn2)c1. The second kappa shape index (κ2) is 7.63. The molecule has 144 valence electrons. The van der Waals surface area contributed by atoms with Crippen LogP contribution in [-0.2, 0) is 6.42 Å². The van der Waals surface area contributed by atoms with E-state index in [4.69, 9.17) is 0 Å². The molecule has 0 spiro atoms. The zero-order chi connectivity index (χ0) is 19.6. The van der Waals surface area contributed by atoms with Crippen molar-refractivity contribution in [2.24, 2.45) is 0 Å². The molecule has 1 aliphatic rings. The van der Waals surface area contributed by atoms with Crippen molar-refractivity contribution < 1.29 is 0 Å². The van der Waals surface area contributed by atoms with Crippen LogP contribution in [0.5, 0.6) is 0 Å². The van der Waals surface area contributed by atoms with Gasteiger partial charge in [0.05, 0.1) is 17.6 Å². The van der Waals surface area contributed by atoms with E-state index in [1.807, 2.05) is 23.0 Å². The van der Waals surface area contributed by atoms with Gasteiger partial charge in [0.2, 0.25) is 0 Å². The fourth-order valence-electron chi connectivity index (χ4n) is 4.13. The maximum atomic E-state index is 4.64. The molecule has 0 saturated heterocycles. The molecular weight excluding hydrogens is 356 g/mol. The van der Waals surface area contributed by atoms with Crippen molar-refractivity contribution in [3.63, 3.8) is 0 Å². The van der Waals surface area contributed by atoms with Crippen LogP contribution in [0.1, 0.15) is 48.3 Å². The van der Waals surface area contributed by atoms with Crippen LogP contribution in [0.2, 0.25) is 0 Å². The molecule has 0 radical (unpaired) electrons. The Morgan fingerprint density at radius 1 is 0.966 bits per heavy atom. The Kier molecular flexibility index (Phi) is 4.68.